The highest BCUT2D eigenvalue weighted by molar-refractivity contribution is 7.89. The maximum Gasteiger partial charge on any atom is 0.243 e. The molecule has 182 valence electrons. The molecule has 0 spiro atoms. The normalized spacial score (nSPS) is 18.6. The van der Waals surface area contributed by atoms with Gasteiger partial charge in [-0.05, 0) is 31.0 Å². The third-order valence-electron chi connectivity index (χ3n) is 7.36. The van der Waals surface area contributed by atoms with Gasteiger partial charge in [-0.15, -0.1) is 0 Å². The van der Waals surface area contributed by atoms with Crippen molar-refractivity contribution in [3.8, 4) is 0 Å². The van der Waals surface area contributed by atoms with Crippen LogP contribution in [0.3, 0.4) is 0 Å². The van der Waals surface area contributed by atoms with Crippen molar-refractivity contribution < 1.29 is 13.2 Å². The number of benzene rings is 1. The molecule has 2 aromatic rings. The van der Waals surface area contributed by atoms with E-state index in [1.165, 1.54) is 30.0 Å². The van der Waals surface area contributed by atoms with Crippen LogP contribution in [0.4, 0.5) is 0 Å². The quantitative estimate of drug-likeness (QED) is 0.587. The summed E-state index contributed by atoms with van der Waals surface area (Å²) in [4.78, 5) is 22.3. The number of sulfonamides is 1. The van der Waals surface area contributed by atoms with Gasteiger partial charge in [0.05, 0.1) is 15.9 Å². The average molecular weight is 476 g/mol. The van der Waals surface area contributed by atoms with E-state index in [-0.39, 0.29) is 10.8 Å². The number of hydrogen-bond acceptors (Lipinski definition) is 5. The molecule has 33 heavy (non-hydrogen) atoms. The van der Waals surface area contributed by atoms with Crippen LogP contribution in [0.1, 0.15) is 51.8 Å². The summed E-state index contributed by atoms with van der Waals surface area (Å²) < 4.78 is 29.1. The Kier molecular flexibility index (Phi) is 7.40. The van der Waals surface area contributed by atoms with Gasteiger partial charge in [0, 0.05) is 65.2 Å². The summed E-state index contributed by atoms with van der Waals surface area (Å²) in [5.74, 6) is 0.984. The highest BCUT2D eigenvalue weighted by Gasteiger charge is 2.28. The van der Waals surface area contributed by atoms with Crippen molar-refractivity contribution in [2.24, 2.45) is 7.05 Å². The lowest BCUT2D eigenvalue weighted by molar-refractivity contribution is -0.133. The lowest BCUT2D eigenvalue weighted by Crippen LogP contribution is -2.51. The molecule has 1 aromatic carbocycles. The highest BCUT2D eigenvalue weighted by Crippen LogP contribution is 2.25. The van der Waals surface area contributed by atoms with E-state index in [9.17, 15) is 13.2 Å². The number of hydrogen-bond donors (Lipinski definition) is 0. The van der Waals surface area contributed by atoms with Crippen LogP contribution in [0.25, 0.3) is 11.0 Å². The maximum atomic E-state index is 12.9. The standard InChI is InChI=1S/C24H37N5O3S/c1-4-29(5-2)33(31,32)20-10-11-22-21(18-20)25-23(26(22)3)12-13-24(30)28-16-14-27(15-17-28)19-8-6-7-9-19/h10-11,18-19H,4-9,12-17H2,1-3H3. The molecule has 1 aliphatic carbocycles. The fraction of sp³-hybridized carbons (Fsp3) is 0.667. The molecule has 1 saturated carbocycles. The highest BCUT2D eigenvalue weighted by atomic mass is 32.2. The first kappa shape index (κ1) is 24.2. The van der Waals surface area contributed by atoms with Crippen LogP contribution in [0.2, 0.25) is 0 Å². The van der Waals surface area contributed by atoms with Gasteiger partial charge in [0.2, 0.25) is 15.9 Å². The molecular weight excluding hydrogens is 438 g/mol. The minimum Gasteiger partial charge on any atom is -0.340 e. The maximum absolute atomic E-state index is 12.9. The summed E-state index contributed by atoms with van der Waals surface area (Å²) in [6, 6.07) is 5.83. The molecule has 1 amide bonds. The number of imidazole rings is 1. The van der Waals surface area contributed by atoms with Crippen molar-refractivity contribution in [3.05, 3.63) is 24.0 Å². The Morgan fingerprint density at radius 3 is 2.39 bits per heavy atom. The van der Waals surface area contributed by atoms with Crippen molar-refractivity contribution in [1.29, 1.82) is 0 Å². The molecule has 0 unspecified atom stereocenters. The number of rotatable bonds is 8. The zero-order chi connectivity index (χ0) is 23.6. The molecule has 0 atom stereocenters. The van der Waals surface area contributed by atoms with E-state index in [0.717, 1.165) is 43.6 Å². The van der Waals surface area contributed by atoms with Crippen LogP contribution < -0.4 is 0 Å². The van der Waals surface area contributed by atoms with Crippen LogP contribution in [-0.4, -0.2) is 83.3 Å². The molecule has 1 aliphatic heterocycles. The van der Waals surface area contributed by atoms with Crippen molar-refractivity contribution in [3.63, 3.8) is 0 Å². The number of nitrogens with zero attached hydrogens (tertiary/aromatic N) is 5. The van der Waals surface area contributed by atoms with Gasteiger partial charge < -0.3 is 9.47 Å². The van der Waals surface area contributed by atoms with E-state index in [2.05, 4.69) is 9.88 Å². The summed E-state index contributed by atoms with van der Waals surface area (Å²) in [5, 5.41) is 0. The van der Waals surface area contributed by atoms with Crippen LogP contribution >= 0.6 is 0 Å². The Morgan fingerprint density at radius 2 is 1.76 bits per heavy atom. The zero-order valence-electron chi connectivity index (χ0n) is 20.2. The third-order valence-corrected chi connectivity index (χ3v) is 9.40. The fourth-order valence-electron chi connectivity index (χ4n) is 5.31. The minimum atomic E-state index is -3.53. The number of carbonyl (C=O) groups excluding carboxylic acids is 1. The second-order valence-corrected chi connectivity index (χ2v) is 11.1. The molecule has 1 saturated heterocycles. The first-order valence-electron chi connectivity index (χ1n) is 12.3. The first-order chi connectivity index (χ1) is 15.8. The summed E-state index contributed by atoms with van der Waals surface area (Å²) >= 11 is 0. The van der Waals surface area contributed by atoms with Gasteiger partial charge in [-0.25, -0.2) is 13.4 Å². The third kappa shape index (κ3) is 4.95. The van der Waals surface area contributed by atoms with Gasteiger partial charge in [-0.2, -0.15) is 4.31 Å². The molecule has 0 bridgehead atoms. The summed E-state index contributed by atoms with van der Waals surface area (Å²) in [6.07, 6.45) is 6.25. The SMILES string of the molecule is CCN(CC)S(=O)(=O)c1ccc2c(c1)nc(CCC(=O)N1CCN(C3CCCC3)CC1)n2C. The fourth-order valence-corrected chi connectivity index (χ4v) is 6.79. The van der Waals surface area contributed by atoms with Crippen molar-refractivity contribution in [2.45, 2.75) is 63.3 Å². The predicted octanol–water partition coefficient (Wildman–Crippen LogP) is 2.62. The van der Waals surface area contributed by atoms with Gasteiger partial charge in [-0.1, -0.05) is 26.7 Å². The van der Waals surface area contributed by atoms with Gasteiger partial charge in [-0.3, -0.25) is 9.69 Å². The molecule has 0 N–H and O–H groups in total. The topological polar surface area (TPSA) is 78.8 Å². The summed E-state index contributed by atoms with van der Waals surface area (Å²) in [7, 11) is -1.60. The van der Waals surface area contributed by atoms with Crippen molar-refractivity contribution >= 4 is 27.0 Å². The number of aryl methyl sites for hydroxylation is 2. The lowest BCUT2D eigenvalue weighted by Gasteiger charge is -2.38. The monoisotopic (exact) mass is 475 g/mol. The molecule has 4 rings (SSSR count). The van der Waals surface area contributed by atoms with E-state index in [0.29, 0.717) is 31.4 Å². The Morgan fingerprint density at radius 1 is 1.09 bits per heavy atom. The van der Waals surface area contributed by atoms with Crippen LogP contribution in [0.15, 0.2) is 23.1 Å². The average Bonchev–Trinajstić information content (AvgIpc) is 3.46. The lowest BCUT2D eigenvalue weighted by atomic mass is 10.1. The zero-order valence-corrected chi connectivity index (χ0v) is 21.0. The second kappa shape index (κ2) is 10.1. The van der Waals surface area contributed by atoms with Crippen molar-refractivity contribution in [1.82, 2.24) is 23.7 Å². The predicted molar refractivity (Wildman–Crippen MR) is 130 cm³/mol. The molecule has 1 aromatic heterocycles. The van der Waals surface area contributed by atoms with Crippen LogP contribution in [-0.2, 0) is 28.3 Å². The van der Waals surface area contributed by atoms with Gasteiger partial charge in [0.25, 0.3) is 0 Å². The van der Waals surface area contributed by atoms with E-state index in [1.54, 1.807) is 12.1 Å². The largest absolute Gasteiger partial charge is 0.340 e. The Bertz CT molecular complexity index is 1080. The number of carbonyl (C=O) groups is 1. The van der Waals surface area contributed by atoms with Gasteiger partial charge in [0.1, 0.15) is 5.82 Å². The summed E-state index contributed by atoms with van der Waals surface area (Å²) in [5.41, 5.74) is 1.53. The van der Waals surface area contributed by atoms with Crippen LogP contribution in [0.5, 0.6) is 0 Å². The molecule has 0 radical (unpaired) electrons. The molecule has 2 heterocycles. The molecular formula is C24H37N5O3S. The number of amides is 1. The molecule has 8 nitrogen and oxygen atoms in total. The number of aromatic nitrogens is 2. The molecule has 2 aliphatic rings. The number of fused-ring (bicyclic) bond motifs is 1. The van der Waals surface area contributed by atoms with Gasteiger partial charge in [0.15, 0.2) is 0 Å². The van der Waals surface area contributed by atoms with Crippen molar-refractivity contribution in [2.75, 3.05) is 39.3 Å². The summed E-state index contributed by atoms with van der Waals surface area (Å²) in [6.45, 7) is 8.12. The Labute approximate surface area is 197 Å². The van der Waals surface area contributed by atoms with Crippen LogP contribution in [0, 0.1) is 0 Å². The van der Waals surface area contributed by atoms with E-state index < -0.39 is 10.0 Å². The first-order valence-corrected chi connectivity index (χ1v) is 13.8. The van der Waals surface area contributed by atoms with Gasteiger partial charge >= 0.3 is 0 Å². The number of piperazine rings is 1. The second-order valence-electron chi connectivity index (χ2n) is 9.18. The van der Waals surface area contributed by atoms with E-state index in [4.69, 9.17) is 0 Å². The van der Waals surface area contributed by atoms with E-state index >= 15 is 0 Å². The molecule has 2 fully saturated rings. The van der Waals surface area contributed by atoms with E-state index in [1.807, 2.05) is 36.4 Å². The Hall–Kier alpha value is -1.97. The smallest absolute Gasteiger partial charge is 0.243 e. The Balaban J connectivity index is 1.39. The minimum absolute atomic E-state index is 0.179. The molecule has 9 heteroatoms.